The zero-order valence-corrected chi connectivity index (χ0v) is 10.4. The topological polar surface area (TPSA) is 69.6 Å². The highest BCUT2D eigenvalue weighted by Gasteiger charge is 2.30. The molecule has 98 valence electrons. The Labute approximate surface area is 102 Å². The largest absolute Gasteiger partial charge is 0.480 e. The fourth-order valence-electron chi connectivity index (χ4n) is 2.18. The molecule has 0 aromatic carbocycles. The molecule has 0 spiro atoms. The van der Waals surface area contributed by atoms with E-state index in [0.29, 0.717) is 25.9 Å². The molecule has 0 radical (unpaired) electrons. The second-order valence-corrected chi connectivity index (χ2v) is 4.39. The van der Waals surface area contributed by atoms with Gasteiger partial charge >= 0.3 is 5.97 Å². The van der Waals surface area contributed by atoms with Crippen molar-refractivity contribution in [2.45, 2.75) is 45.1 Å². The lowest BCUT2D eigenvalue weighted by Crippen LogP contribution is -2.45. The van der Waals surface area contributed by atoms with Crippen molar-refractivity contribution < 1.29 is 14.7 Å². The van der Waals surface area contributed by atoms with Gasteiger partial charge in [0, 0.05) is 19.5 Å². The second-order valence-electron chi connectivity index (χ2n) is 4.39. The van der Waals surface area contributed by atoms with Gasteiger partial charge in [0.1, 0.15) is 6.04 Å². The molecule has 1 rings (SSSR count). The number of carboxylic acid groups (broad SMARTS) is 1. The molecule has 1 fully saturated rings. The minimum atomic E-state index is -0.872. The summed E-state index contributed by atoms with van der Waals surface area (Å²) in [6.45, 7) is 4.02. The van der Waals surface area contributed by atoms with Crippen LogP contribution in [-0.4, -0.2) is 47.6 Å². The second kappa shape index (κ2) is 7.27. The predicted molar refractivity (Wildman–Crippen MR) is 64.8 cm³/mol. The molecule has 0 aromatic heterocycles. The Morgan fingerprint density at radius 3 is 2.76 bits per heavy atom. The number of nitrogens with zero attached hydrogens (tertiary/aromatic N) is 1. The molecule has 1 aliphatic rings. The van der Waals surface area contributed by atoms with E-state index < -0.39 is 12.0 Å². The summed E-state index contributed by atoms with van der Waals surface area (Å²) < 4.78 is 0. The maximum absolute atomic E-state index is 12.0. The summed E-state index contributed by atoms with van der Waals surface area (Å²) in [5, 5.41) is 12.2. The van der Waals surface area contributed by atoms with Crippen LogP contribution in [0, 0.1) is 0 Å². The Morgan fingerprint density at radius 2 is 2.12 bits per heavy atom. The van der Waals surface area contributed by atoms with Crippen LogP contribution < -0.4 is 5.32 Å². The Balaban J connectivity index is 2.55. The van der Waals surface area contributed by atoms with Crippen molar-refractivity contribution in [2.24, 2.45) is 0 Å². The van der Waals surface area contributed by atoms with Gasteiger partial charge in [0.15, 0.2) is 0 Å². The van der Waals surface area contributed by atoms with Gasteiger partial charge in [0.2, 0.25) is 5.91 Å². The summed E-state index contributed by atoms with van der Waals surface area (Å²) >= 11 is 0. The molecular formula is C12H22N2O3. The summed E-state index contributed by atoms with van der Waals surface area (Å²) in [5.74, 6) is -0.913. The highest BCUT2D eigenvalue weighted by Crippen LogP contribution is 2.17. The van der Waals surface area contributed by atoms with Gasteiger partial charge in [-0.25, -0.2) is 4.79 Å². The molecule has 0 aromatic rings. The number of aliphatic carboxylic acids is 1. The fourth-order valence-corrected chi connectivity index (χ4v) is 2.18. The van der Waals surface area contributed by atoms with Crippen molar-refractivity contribution in [1.82, 2.24) is 10.2 Å². The van der Waals surface area contributed by atoms with E-state index in [0.717, 1.165) is 25.8 Å². The highest BCUT2D eigenvalue weighted by atomic mass is 16.4. The molecule has 0 bridgehead atoms. The Bertz CT molecular complexity index is 268. The molecular weight excluding hydrogens is 220 g/mol. The third-order valence-electron chi connectivity index (χ3n) is 3.12. The third kappa shape index (κ3) is 4.34. The van der Waals surface area contributed by atoms with E-state index in [1.54, 1.807) is 4.90 Å². The molecule has 0 aliphatic carbocycles. The number of carbonyl (C=O) groups excluding carboxylic acids is 1. The van der Waals surface area contributed by atoms with Crippen LogP contribution in [-0.2, 0) is 9.59 Å². The fraction of sp³-hybridized carbons (Fsp3) is 0.833. The van der Waals surface area contributed by atoms with Crippen LogP contribution in [0.25, 0.3) is 0 Å². The molecule has 5 nitrogen and oxygen atoms in total. The quantitative estimate of drug-likeness (QED) is 0.701. The van der Waals surface area contributed by atoms with E-state index in [1.165, 1.54) is 0 Å². The molecule has 1 atom stereocenters. The number of hydrogen-bond acceptors (Lipinski definition) is 3. The van der Waals surface area contributed by atoms with Gasteiger partial charge in [-0.15, -0.1) is 0 Å². The first kappa shape index (κ1) is 14.0. The summed E-state index contributed by atoms with van der Waals surface area (Å²) in [5.41, 5.74) is 0. The number of carbonyl (C=O) groups is 2. The van der Waals surface area contributed by atoms with E-state index in [1.807, 2.05) is 6.92 Å². The summed E-state index contributed by atoms with van der Waals surface area (Å²) in [4.78, 5) is 24.7. The van der Waals surface area contributed by atoms with E-state index in [2.05, 4.69) is 5.32 Å². The van der Waals surface area contributed by atoms with Crippen molar-refractivity contribution in [2.75, 3.05) is 19.6 Å². The Kier molecular flexibility index (Phi) is 5.97. The molecule has 1 heterocycles. The monoisotopic (exact) mass is 242 g/mol. The zero-order valence-electron chi connectivity index (χ0n) is 10.4. The number of rotatable bonds is 5. The highest BCUT2D eigenvalue weighted by molar-refractivity contribution is 5.83. The number of amides is 1. The normalized spacial score (nSPS) is 21.0. The van der Waals surface area contributed by atoms with E-state index in [9.17, 15) is 9.59 Å². The van der Waals surface area contributed by atoms with Crippen LogP contribution >= 0.6 is 0 Å². The van der Waals surface area contributed by atoms with Gasteiger partial charge in [-0.05, 0) is 19.4 Å². The molecule has 1 saturated heterocycles. The van der Waals surface area contributed by atoms with Crippen molar-refractivity contribution in [3.05, 3.63) is 0 Å². The first-order valence-electron chi connectivity index (χ1n) is 6.39. The average Bonchev–Trinajstić information content (AvgIpc) is 2.54. The smallest absolute Gasteiger partial charge is 0.326 e. The van der Waals surface area contributed by atoms with Gasteiger partial charge in [0.05, 0.1) is 0 Å². The van der Waals surface area contributed by atoms with E-state index >= 15 is 0 Å². The standard InChI is InChI=1S/C12H22N2O3/c1-2-13-8-7-11(15)14-9-5-3-4-6-10(14)12(16)17/h10,13H,2-9H2,1H3,(H,16,17). The first-order valence-corrected chi connectivity index (χ1v) is 6.39. The van der Waals surface area contributed by atoms with Gasteiger partial charge in [-0.3, -0.25) is 4.79 Å². The van der Waals surface area contributed by atoms with Crippen LogP contribution in [0.1, 0.15) is 39.0 Å². The molecule has 17 heavy (non-hydrogen) atoms. The SMILES string of the molecule is CCNCCC(=O)N1CCCCCC1C(=O)O. The van der Waals surface area contributed by atoms with E-state index in [-0.39, 0.29) is 5.91 Å². The minimum Gasteiger partial charge on any atom is -0.480 e. The summed E-state index contributed by atoms with van der Waals surface area (Å²) in [6, 6.07) is -0.619. The maximum atomic E-state index is 12.0. The van der Waals surface area contributed by atoms with Gasteiger partial charge in [0.25, 0.3) is 0 Å². The lowest BCUT2D eigenvalue weighted by atomic mass is 10.1. The molecule has 1 amide bonds. The number of likely N-dealkylation sites (tertiary alicyclic amines) is 1. The number of nitrogens with one attached hydrogen (secondary N) is 1. The van der Waals surface area contributed by atoms with Crippen molar-refractivity contribution in [3.8, 4) is 0 Å². The third-order valence-corrected chi connectivity index (χ3v) is 3.12. The summed E-state index contributed by atoms with van der Waals surface area (Å²) in [7, 11) is 0. The van der Waals surface area contributed by atoms with Crippen LogP contribution in [0.4, 0.5) is 0 Å². The molecule has 0 saturated carbocycles. The molecule has 1 aliphatic heterocycles. The van der Waals surface area contributed by atoms with Gasteiger partial charge < -0.3 is 15.3 Å². The zero-order chi connectivity index (χ0) is 12.7. The van der Waals surface area contributed by atoms with E-state index in [4.69, 9.17) is 5.11 Å². The average molecular weight is 242 g/mol. The van der Waals surface area contributed by atoms with Gasteiger partial charge in [-0.1, -0.05) is 19.8 Å². The lowest BCUT2D eigenvalue weighted by molar-refractivity contribution is -0.150. The van der Waals surface area contributed by atoms with Crippen molar-refractivity contribution >= 4 is 11.9 Å². The maximum Gasteiger partial charge on any atom is 0.326 e. The van der Waals surface area contributed by atoms with Crippen molar-refractivity contribution in [1.29, 1.82) is 0 Å². The minimum absolute atomic E-state index is 0.0414. The number of carboxylic acids is 1. The number of hydrogen-bond donors (Lipinski definition) is 2. The Hall–Kier alpha value is -1.10. The lowest BCUT2D eigenvalue weighted by Gasteiger charge is -2.27. The van der Waals surface area contributed by atoms with Gasteiger partial charge in [-0.2, -0.15) is 0 Å². The van der Waals surface area contributed by atoms with Crippen LogP contribution in [0.3, 0.4) is 0 Å². The van der Waals surface area contributed by atoms with Crippen molar-refractivity contribution in [3.63, 3.8) is 0 Å². The van der Waals surface area contributed by atoms with Crippen LogP contribution in [0.2, 0.25) is 0 Å². The molecule has 5 heteroatoms. The van der Waals surface area contributed by atoms with Crippen LogP contribution in [0.5, 0.6) is 0 Å². The van der Waals surface area contributed by atoms with Crippen LogP contribution in [0.15, 0.2) is 0 Å². The summed E-state index contributed by atoms with van der Waals surface area (Å²) in [6.07, 6.45) is 3.80. The Morgan fingerprint density at radius 1 is 1.35 bits per heavy atom. The molecule has 2 N–H and O–H groups in total. The molecule has 1 unspecified atom stereocenters. The predicted octanol–water partition coefficient (Wildman–Crippen LogP) is 0.842. The first-order chi connectivity index (χ1) is 8.16.